The van der Waals surface area contributed by atoms with Crippen molar-refractivity contribution in [2.24, 2.45) is 0 Å². The van der Waals surface area contributed by atoms with E-state index in [0.717, 1.165) is 21.9 Å². The van der Waals surface area contributed by atoms with Gasteiger partial charge in [0.15, 0.2) is 0 Å². The van der Waals surface area contributed by atoms with E-state index in [-0.39, 0.29) is 0 Å². The Morgan fingerprint density at radius 1 is 0.279 bits per heavy atom. The van der Waals surface area contributed by atoms with Crippen LogP contribution in [0.2, 0.25) is 0 Å². The van der Waals surface area contributed by atoms with Gasteiger partial charge in [-0.05, 0) is 77.8 Å². The SMILES string of the molecule is c1ccc(-c2cccc(-c3cccc4oc5ccccc5c34)c2-c2cccc3c4ccccc4c4ccccc4c23)cc1. The van der Waals surface area contributed by atoms with Gasteiger partial charge in [0.2, 0.25) is 0 Å². The zero-order valence-electron chi connectivity index (χ0n) is 23.4. The number of fused-ring (bicyclic) bond motifs is 9. The molecule has 0 atom stereocenters. The standard InChI is InChI=1S/C42H26O/c1-2-13-27(14-3-1)28-20-10-22-34(35-23-12-26-39-42(35)36-19-8-9-25-38(36)43-39)40(28)37-24-11-21-33-31-16-5-4-15-29(31)30-17-6-7-18-32(30)41(33)37/h1-26H. The van der Waals surface area contributed by atoms with Gasteiger partial charge in [-0.25, -0.2) is 0 Å². The number of furan rings is 1. The molecule has 0 spiro atoms. The van der Waals surface area contributed by atoms with Gasteiger partial charge in [-0.2, -0.15) is 0 Å². The Balaban J connectivity index is 1.49. The highest BCUT2D eigenvalue weighted by atomic mass is 16.3. The van der Waals surface area contributed by atoms with Crippen LogP contribution >= 0.6 is 0 Å². The third-order valence-electron chi connectivity index (χ3n) is 8.88. The minimum Gasteiger partial charge on any atom is -0.456 e. The molecule has 0 N–H and O–H groups in total. The summed E-state index contributed by atoms with van der Waals surface area (Å²) in [5.41, 5.74) is 9.08. The molecule has 9 rings (SSSR count). The maximum absolute atomic E-state index is 6.35. The fraction of sp³-hybridized carbons (Fsp3) is 0. The Labute approximate surface area is 249 Å². The van der Waals surface area contributed by atoms with Crippen LogP contribution in [-0.2, 0) is 0 Å². The largest absolute Gasteiger partial charge is 0.456 e. The van der Waals surface area contributed by atoms with Gasteiger partial charge in [-0.1, -0.05) is 146 Å². The Morgan fingerprint density at radius 2 is 0.767 bits per heavy atom. The molecular formula is C42H26O. The molecule has 1 heterocycles. The van der Waals surface area contributed by atoms with Crippen LogP contribution in [0.3, 0.4) is 0 Å². The first-order valence-electron chi connectivity index (χ1n) is 14.8. The van der Waals surface area contributed by atoms with Crippen LogP contribution in [0.25, 0.3) is 87.6 Å². The number of hydrogen-bond acceptors (Lipinski definition) is 1. The normalized spacial score (nSPS) is 11.7. The molecule has 0 aliphatic rings. The molecule has 0 saturated carbocycles. The molecule has 0 saturated heterocycles. The molecule has 1 nitrogen and oxygen atoms in total. The summed E-state index contributed by atoms with van der Waals surface area (Å²) in [5.74, 6) is 0. The third kappa shape index (κ3) is 3.58. The third-order valence-corrected chi connectivity index (χ3v) is 8.88. The van der Waals surface area contributed by atoms with Gasteiger partial charge in [0.1, 0.15) is 11.2 Å². The maximum Gasteiger partial charge on any atom is 0.136 e. The molecule has 1 heteroatoms. The topological polar surface area (TPSA) is 13.1 Å². The zero-order chi connectivity index (χ0) is 28.3. The Hall–Kier alpha value is -5.66. The fourth-order valence-electron chi connectivity index (χ4n) is 7.09. The van der Waals surface area contributed by atoms with Crippen molar-refractivity contribution in [3.63, 3.8) is 0 Å². The van der Waals surface area contributed by atoms with Gasteiger partial charge >= 0.3 is 0 Å². The predicted molar refractivity (Wildman–Crippen MR) is 183 cm³/mol. The van der Waals surface area contributed by atoms with Gasteiger partial charge in [0.05, 0.1) is 0 Å². The van der Waals surface area contributed by atoms with Crippen molar-refractivity contribution in [1.82, 2.24) is 0 Å². The summed E-state index contributed by atoms with van der Waals surface area (Å²) in [6, 6.07) is 56.8. The zero-order valence-corrected chi connectivity index (χ0v) is 23.4. The second-order valence-electron chi connectivity index (χ2n) is 11.2. The van der Waals surface area contributed by atoms with Crippen molar-refractivity contribution in [2.75, 3.05) is 0 Å². The average Bonchev–Trinajstić information content (AvgIpc) is 3.47. The van der Waals surface area contributed by atoms with Crippen LogP contribution in [0, 0.1) is 0 Å². The lowest BCUT2D eigenvalue weighted by Crippen LogP contribution is -1.93. The van der Waals surface area contributed by atoms with Gasteiger partial charge in [-0.15, -0.1) is 0 Å². The lowest BCUT2D eigenvalue weighted by atomic mass is 9.83. The van der Waals surface area contributed by atoms with E-state index in [9.17, 15) is 0 Å². The molecular weight excluding hydrogens is 520 g/mol. The Morgan fingerprint density at radius 3 is 1.53 bits per heavy atom. The molecule has 0 aliphatic heterocycles. The van der Waals surface area contributed by atoms with Crippen molar-refractivity contribution in [3.8, 4) is 33.4 Å². The second kappa shape index (κ2) is 9.44. The second-order valence-corrected chi connectivity index (χ2v) is 11.2. The Kier molecular flexibility index (Phi) is 5.27. The number of rotatable bonds is 3. The van der Waals surface area contributed by atoms with Gasteiger partial charge in [0, 0.05) is 10.8 Å². The van der Waals surface area contributed by atoms with Gasteiger partial charge in [0.25, 0.3) is 0 Å². The number of para-hydroxylation sites is 1. The molecule has 0 radical (unpaired) electrons. The van der Waals surface area contributed by atoms with E-state index in [1.54, 1.807) is 0 Å². The van der Waals surface area contributed by atoms with Crippen molar-refractivity contribution < 1.29 is 4.42 Å². The van der Waals surface area contributed by atoms with E-state index in [0.29, 0.717) is 0 Å². The molecule has 9 aromatic rings. The van der Waals surface area contributed by atoms with E-state index in [1.165, 1.54) is 65.7 Å². The van der Waals surface area contributed by atoms with Crippen LogP contribution in [0.15, 0.2) is 162 Å². The van der Waals surface area contributed by atoms with Crippen molar-refractivity contribution in [2.45, 2.75) is 0 Å². The smallest absolute Gasteiger partial charge is 0.136 e. The highest BCUT2D eigenvalue weighted by Gasteiger charge is 2.21. The molecule has 0 bridgehead atoms. The first-order chi connectivity index (χ1) is 21.4. The Bertz CT molecular complexity index is 2450. The minimum absolute atomic E-state index is 0.907. The molecule has 200 valence electrons. The average molecular weight is 547 g/mol. The molecule has 0 amide bonds. The van der Waals surface area contributed by atoms with Crippen molar-refractivity contribution in [3.05, 3.63) is 158 Å². The molecule has 1 aromatic heterocycles. The first-order valence-corrected chi connectivity index (χ1v) is 14.8. The van der Waals surface area contributed by atoms with E-state index in [4.69, 9.17) is 4.42 Å². The summed E-state index contributed by atoms with van der Waals surface area (Å²) >= 11 is 0. The van der Waals surface area contributed by atoms with E-state index in [2.05, 4.69) is 152 Å². The van der Waals surface area contributed by atoms with Crippen molar-refractivity contribution >= 4 is 54.3 Å². The number of hydrogen-bond donors (Lipinski definition) is 0. The lowest BCUT2D eigenvalue weighted by Gasteiger charge is -2.20. The number of benzene rings is 8. The molecule has 0 unspecified atom stereocenters. The quantitative estimate of drug-likeness (QED) is 0.201. The van der Waals surface area contributed by atoms with Crippen LogP contribution in [0.4, 0.5) is 0 Å². The van der Waals surface area contributed by atoms with Crippen molar-refractivity contribution in [1.29, 1.82) is 0 Å². The molecule has 8 aromatic carbocycles. The molecule has 0 fully saturated rings. The summed E-state index contributed by atoms with van der Waals surface area (Å²) in [6.07, 6.45) is 0. The van der Waals surface area contributed by atoms with E-state index < -0.39 is 0 Å². The predicted octanol–water partition coefficient (Wildman–Crippen LogP) is 12.0. The summed E-state index contributed by atoms with van der Waals surface area (Å²) in [7, 11) is 0. The van der Waals surface area contributed by atoms with Crippen LogP contribution in [0.1, 0.15) is 0 Å². The summed E-state index contributed by atoms with van der Waals surface area (Å²) in [6.45, 7) is 0. The van der Waals surface area contributed by atoms with Crippen LogP contribution in [-0.4, -0.2) is 0 Å². The van der Waals surface area contributed by atoms with Gasteiger partial charge in [-0.3, -0.25) is 0 Å². The van der Waals surface area contributed by atoms with Crippen LogP contribution < -0.4 is 0 Å². The first kappa shape index (κ1) is 24.0. The van der Waals surface area contributed by atoms with Crippen LogP contribution in [0.5, 0.6) is 0 Å². The van der Waals surface area contributed by atoms with E-state index in [1.807, 2.05) is 6.07 Å². The molecule has 0 aliphatic carbocycles. The minimum atomic E-state index is 0.907. The summed E-state index contributed by atoms with van der Waals surface area (Å²) in [4.78, 5) is 0. The van der Waals surface area contributed by atoms with Gasteiger partial charge < -0.3 is 4.42 Å². The fourth-order valence-corrected chi connectivity index (χ4v) is 7.09. The highest BCUT2D eigenvalue weighted by Crippen LogP contribution is 2.48. The van der Waals surface area contributed by atoms with E-state index >= 15 is 0 Å². The molecule has 43 heavy (non-hydrogen) atoms. The summed E-state index contributed by atoms with van der Waals surface area (Å²) in [5, 5.41) is 9.96. The maximum atomic E-state index is 6.35. The summed E-state index contributed by atoms with van der Waals surface area (Å²) < 4.78 is 6.35. The monoisotopic (exact) mass is 546 g/mol. The lowest BCUT2D eigenvalue weighted by molar-refractivity contribution is 0.669. The highest BCUT2D eigenvalue weighted by molar-refractivity contribution is 6.29.